The molecule has 0 aromatic heterocycles. The molecule has 0 bridgehead atoms. The molecule has 212 valence electrons. The van der Waals surface area contributed by atoms with E-state index in [9.17, 15) is 35.1 Å². The van der Waals surface area contributed by atoms with E-state index in [4.69, 9.17) is 31.2 Å². The molecule has 3 aromatic rings. The minimum absolute atomic E-state index is 0.126. The zero-order chi connectivity index (χ0) is 29.4. The highest BCUT2D eigenvalue weighted by Gasteiger charge is 2.51. The van der Waals surface area contributed by atoms with Crippen LogP contribution in [0.15, 0.2) is 77.7 Å². The first-order valence-electron chi connectivity index (χ1n) is 10.6. The maximum absolute atomic E-state index is 14.0. The van der Waals surface area contributed by atoms with E-state index >= 15 is 0 Å². The Morgan fingerprint density at radius 3 is 1.38 bits per heavy atom. The van der Waals surface area contributed by atoms with Gasteiger partial charge in [-0.3, -0.25) is 9.13 Å². The molecule has 0 heterocycles. The summed E-state index contributed by atoms with van der Waals surface area (Å²) in [5, 5.41) is -0.143. The zero-order valence-electron chi connectivity index (χ0n) is 19.4. The van der Waals surface area contributed by atoms with E-state index in [0.29, 0.717) is 0 Å². The quantitative estimate of drug-likeness (QED) is 0.176. The summed E-state index contributed by atoms with van der Waals surface area (Å²) in [6.45, 7) is -0.925. The molecule has 9 nitrogen and oxygen atoms in total. The van der Waals surface area contributed by atoms with Crippen LogP contribution in [-0.4, -0.2) is 32.3 Å². The molecule has 17 heteroatoms. The van der Waals surface area contributed by atoms with Crippen molar-refractivity contribution in [2.24, 2.45) is 0 Å². The third-order valence-corrected chi connectivity index (χ3v) is 9.78. The molecule has 0 amide bonds. The molecule has 39 heavy (non-hydrogen) atoms. The monoisotopic (exact) mass is 631 g/mol. The van der Waals surface area contributed by atoms with E-state index in [1.165, 1.54) is 24.3 Å². The first-order valence-corrected chi connectivity index (χ1v) is 15.6. The molecule has 0 saturated heterocycles. The van der Waals surface area contributed by atoms with Gasteiger partial charge in [0.05, 0.1) is 5.02 Å². The standard InChI is InChI=1S/C22H20ClF4NO8P2S/c23-19-3-1-2-4-20(19)39(35,36)28(13-15-5-9-17(10-6-15)21(24,25)37(29,30)31)14-16-7-11-18(12-8-16)22(26,27)38(32,33)34/h1-12H,13-14H2,(H2,29,30,31)(H2,32,33,34). The fraction of sp³-hybridized carbons (Fsp3) is 0.182. The summed E-state index contributed by atoms with van der Waals surface area (Å²) in [6, 6.07) is 12.5. The minimum atomic E-state index is -5.83. The van der Waals surface area contributed by atoms with Gasteiger partial charge in [-0.05, 0) is 23.3 Å². The normalized spacial score (nSPS) is 13.6. The van der Waals surface area contributed by atoms with Crippen LogP contribution < -0.4 is 0 Å². The number of hydrogen-bond acceptors (Lipinski definition) is 4. The summed E-state index contributed by atoms with van der Waals surface area (Å²) < 4.78 is 106. The molecule has 3 aromatic carbocycles. The van der Waals surface area contributed by atoms with Crippen molar-refractivity contribution in [1.29, 1.82) is 0 Å². The molecule has 3 rings (SSSR count). The first-order chi connectivity index (χ1) is 17.8. The van der Waals surface area contributed by atoms with Crippen LogP contribution in [0.2, 0.25) is 5.02 Å². The fourth-order valence-corrected chi connectivity index (χ4v) is 6.26. The lowest BCUT2D eigenvalue weighted by Gasteiger charge is -2.24. The van der Waals surface area contributed by atoms with E-state index in [-0.39, 0.29) is 21.0 Å². The predicted octanol–water partition coefficient (Wildman–Crippen LogP) is 5.19. The van der Waals surface area contributed by atoms with Crippen LogP contribution in [0.1, 0.15) is 22.3 Å². The van der Waals surface area contributed by atoms with Crippen LogP contribution in [0.4, 0.5) is 17.6 Å². The molecule has 0 atom stereocenters. The average Bonchev–Trinajstić information content (AvgIpc) is 2.83. The van der Waals surface area contributed by atoms with Crippen molar-refractivity contribution in [3.63, 3.8) is 0 Å². The van der Waals surface area contributed by atoms with Gasteiger partial charge in [-0.1, -0.05) is 72.3 Å². The second-order valence-corrected chi connectivity index (χ2v) is 13.9. The highest BCUT2D eigenvalue weighted by atomic mass is 35.5. The summed E-state index contributed by atoms with van der Waals surface area (Å²) in [5.41, 5.74) is -10.7. The van der Waals surface area contributed by atoms with Crippen LogP contribution in [-0.2, 0) is 43.6 Å². The van der Waals surface area contributed by atoms with E-state index in [1.807, 2.05) is 0 Å². The fourth-order valence-electron chi connectivity index (χ4n) is 3.38. The summed E-state index contributed by atoms with van der Waals surface area (Å²) in [7, 11) is -16.1. The lowest BCUT2D eigenvalue weighted by molar-refractivity contribution is 0.0564. The summed E-state index contributed by atoms with van der Waals surface area (Å²) in [4.78, 5) is 35.4. The molecule has 0 radical (unpaired) electrons. The van der Waals surface area contributed by atoms with E-state index in [2.05, 4.69) is 0 Å². The Bertz CT molecular complexity index is 1470. The van der Waals surface area contributed by atoms with Gasteiger partial charge in [-0.15, -0.1) is 0 Å². The number of rotatable bonds is 10. The Balaban J connectivity index is 1.99. The Morgan fingerprint density at radius 1 is 0.692 bits per heavy atom. The summed E-state index contributed by atoms with van der Waals surface area (Å²) >= 11 is 6.07. The van der Waals surface area contributed by atoms with Crippen LogP contribution in [0.3, 0.4) is 0 Å². The van der Waals surface area contributed by atoms with Crippen LogP contribution >= 0.6 is 26.8 Å². The number of nitrogens with zero attached hydrogens (tertiary/aromatic N) is 1. The predicted molar refractivity (Wildman–Crippen MR) is 133 cm³/mol. The van der Waals surface area contributed by atoms with Gasteiger partial charge in [-0.25, -0.2) is 8.42 Å². The third-order valence-electron chi connectivity index (χ3n) is 5.51. The Labute approximate surface area is 225 Å². The van der Waals surface area contributed by atoms with Gasteiger partial charge in [0.2, 0.25) is 10.0 Å². The second kappa shape index (κ2) is 11.0. The van der Waals surface area contributed by atoms with Crippen molar-refractivity contribution in [2.75, 3.05) is 0 Å². The highest BCUT2D eigenvalue weighted by Crippen LogP contribution is 2.60. The molecule has 0 saturated carbocycles. The summed E-state index contributed by atoms with van der Waals surface area (Å²) in [5.74, 6) is 0. The van der Waals surface area contributed by atoms with E-state index in [1.54, 1.807) is 0 Å². The second-order valence-electron chi connectivity index (χ2n) is 8.27. The number of sulfonamides is 1. The summed E-state index contributed by atoms with van der Waals surface area (Å²) in [6.07, 6.45) is 0. The van der Waals surface area contributed by atoms with Gasteiger partial charge in [0.1, 0.15) is 4.90 Å². The SMILES string of the molecule is O=P(O)(O)C(F)(F)c1ccc(CN(Cc2ccc(C(F)(F)P(=O)(O)O)cc2)S(=O)(=O)c2ccccc2Cl)cc1. The minimum Gasteiger partial charge on any atom is -0.320 e. The third kappa shape index (κ3) is 6.62. The number of halogens is 5. The van der Waals surface area contributed by atoms with Crippen molar-refractivity contribution in [3.8, 4) is 0 Å². The van der Waals surface area contributed by atoms with Crippen molar-refractivity contribution in [1.82, 2.24) is 4.31 Å². The van der Waals surface area contributed by atoms with E-state index in [0.717, 1.165) is 52.8 Å². The van der Waals surface area contributed by atoms with E-state index < -0.39 is 60.8 Å². The largest absolute Gasteiger partial charge is 0.399 e. The molecule has 0 aliphatic rings. The molecule has 4 N–H and O–H groups in total. The van der Waals surface area contributed by atoms with Crippen LogP contribution in [0.25, 0.3) is 0 Å². The van der Waals surface area contributed by atoms with Crippen LogP contribution in [0.5, 0.6) is 0 Å². The number of hydrogen-bond donors (Lipinski definition) is 4. The number of benzene rings is 3. The Kier molecular flexibility index (Phi) is 8.89. The molecule has 0 aliphatic carbocycles. The molecule has 0 aliphatic heterocycles. The van der Waals surface area contributed by atoms with Gasteiger partial charge in [0.15, 0.2) is 0 Å². The lowest BCUT2D eigenvalue weighted by atomic mass is 10.1. The lowest BCUT2D eigenvalue weighted by Crippen LogP contribution is -2.30. The first kappa shape index (κ1) is 31.4. The molecular formula is C22H20ClF4NO8P2S. The Hall–Kier alpha value is -2.12. The van der Waals surface area contributed by atoms with Gasteiger partial charge >= 0.3 is 26.5 Å². The Morgan fingerprint density at radius 2 is 1.05 bits per heavy atom. The highest BCUT2D eigenvalue weighted by molar-refractivity contribution is 7.89. The average molecular weight is 632 g/mol. The molecular weight excluding hydrogens is 612 g/mol. The topological polar surface area (TPSA) is 152 Å². The van der Waals surface area contributed by atoms with Gasteiger partial charge in [0.25, 0.3) is 0 Å². The smallest absolute Gasteiger partial charge is 0.320 e. The maximum Gasteiger partial charge on any atom is 0.399 e. The van der Waals surface area contributed by atoms with Gasteiger partial charge in [0, 0.05) is 24.2 Å². The maximum atomic E-state index is 14.0. The van der Waals surface area contributed by atoms with Crippen LogP contribution in [0, 0.1) is 0 Å². The van der Waals surface area contributed by atoms with Crippen molar-refractivity contribution in [2.45, 2.75) is 29.3 Å². The molecule has 0 unspecified atom stereocenters. The van der Waals surface area contributed by atoms with Crippen molar-refractivity contribution in [3.05, 3.63) is 100 Å². The number of alkyl halides is 4. The molecule has 0 fully saturated rings. The molecule has 0 spiro atoms. The van der Waals surface area contributed by atoms with Gasteiger partial charge in [-0.2, -0.15) is 21.9 Å². The van der Waals surface area contributed by atoms with Crippen molar-refractivity contribution >= 4 is 36.8 Å². The van der Waals surface area contributed by atoms with Gasteiger partial charge < -0.3 is 19.6 Å². The zero-order valence-corrected chi connectivity index (χ0v) is 22.8. The van der Waals surface area contributed by atoms with Crippen molar-refractivity contribution < 1.29 is 54.7 Å².